The Bertz CT molecular complexity index is 401. The molecule has 0 fully saturated rings. The van der Waals surface area contributed by atoms with Crippen molar-refractivity contribution in [1.82, 2.24) is 4.67 Å². The molecular weight excluding hydrogens is 237 g/mol. The van der Waals surface area contributed by atoms with Crippen molar-refractivity contribution >= 4 is 7.29 Å². The van der Waals surface area contributed by atoms with E-state index in [1.807, 2.05) is 42.8 Å². The highest BCUT2D eigenvalue weighted by Gasteiger charge is 2.33. The summed E-state index contributed by atoms with van der Waals surface area (Å²) < 4.78 is 25.9. The second-order valence-electron chi connectivity index (χ2n) is 3.98. The van der Waals surface area contributed by atoms with Gasteiger partial charge >= 0.3 is 0 Å². The van der Waals surface area contributed by atoms with Crippen LogP contribution in [-0.4, -0.2) is 30.5 Å². The molecule has 0 aliphatic carbocycles. The van der Waals surface area contributed by atoms with Crippen molar-refractivity contribution in [3.05, 3.63) is 24.3 Å². The second-order valence-corrected chi connectivity index (χ2v) is 6.75. The van der Waals surface area contributed by atoms with E-state index in [0.29, 0.717) is 11.5 Å². The molecule has 1 aliphatic rings. The fraction of sp³-hybridized carbons (Fsp3) is 0.500. The van der Waals surface area contributed by atoms with Gasteiger partial charge in [-0.3, -0.25) is 4.57 Å². The summed E-state index contributed by atoms with van der Waals surface area (Å²) in [5.41, 5.74) is 0. The van der Waals surface area contributed by atoms with Crippen molar-refractivity contribution in [2.45, 2.75) is 13.8 Å². The quantitative estimate of drug-likeness (QED) is 0.778. The molecule has 0 saturated carbocycles. The van der Waals surface area contributed by atoms with Gasteiger partial charge in [0.15, 0.2) is 24.2 Å². The highest BCUT2D eigenvalue weighted by atomic mass is 31.2. The van der Waals surface area contributed by atoms with Crippen LogP contribution in [0.3, 0.4) is 0 Å². The zero-order chi connectivity index (χ0) is 12.3. The number of benzene rings is 1. The molecule has 1 aliphatic heterocycles. The van der Waals surface area contributed by atoms with Crippen molar-refractivity contribution in [3.8, 4) is 11.5 Å². The summed E-state index contributed by atoms with van der Waals surface area (Å²) in [6.07, 6.45) is 0.456. The summed E-state index contributed by atoms with van der Waals surface area (Å²) in [5, 5.41) is 0. The van der Waals surface area contributed by atoms with Crippen LogP contribution in [0.2, 0.25) is 0 Å². The lowest BCUT2D eigenvalue weighted by Gasteiger charge is -2.27. The van der Waals surface area contributed by atoms with Gasteiger partial charge in [0.25, 0.3) is 0 Å². The topological polar surface area (TPSA) is 38.8 Å². The first-order valence-electron chi connectivity index (χ1n) is 5.87. The van der Waals surface area contributed by atoms with Gasteiger partial charge in [0, 0.05) is 13.1 Å². The van der Waals surface area contributed by atoms with Crippen LogP contribution in [0.1, 0.15) is 13.8 Å². The van der Waals surface area contributed by atoms with Gasteiger partial charge in [0.2, 0.25) is 7.29 Å². The zero-order valence-corrected chi connectivity index (χ0v) is 11.2. The molecule has 0 bridgehead atoms. The molecule has 0 radical (unpaired) electrons. The van der Waals surface area contributed by atoms with Gasteiger partial charge in [-0.05, 0) is 12.1 Å². The Morgan fingerprint density at radius 2 is 1.59 bits per heavy atom. The van der Waals surface area contributed by atoms with Crippen molar-refractivity contribution < 1.29 is 14.0 Å². The van der Waals surface area contributed by atoms with E-state index in [2.05, 4.69) is 0 Å². The summed E-state index contributed by atoms with van der Waals surface area (Å²) in [7, 11) is -2.56. The summed E-state index contributed by atoms with van der Waals surface area (Å²) in [5.74, 6) is 1.36. The number of ether oxygens (including phenoxy) is 2. The van der Waals surface area contributed by atoms with Gasteiger partial charge in [-0.25, -0.2) is 4.67 Å². The molecule has 17 heavy (non-hydrogen) atoms. The molecule has 0 amide bonds. The monoisotopic (exact) mass is 255 g/mol. The molecule has 0 unspecified atom stereocenters. The van der Waals surface area contributed by atoms with Gasteiger partial charge < -0.3 is 9.47 Å². The third-order valence-electron chi connectivity index (χ3n) is 2.94. The van der Waals surface area contributed by atoms with E-state index >= 15 is 0 Å². The van der Waals surface area contributed by atoms with E-state index < -0.39 is 7.29 Å². The molecule has 2 rings (SSSR count). The van der Waals surface area contributed by atoms with Crippen molar-refractivity contribution in [1.29, 1.82) is 0 Å². The number of rotatable bonds is 3. The third kappa shape index (κ3) is 2.48. The minimum atomic E-state index is -2.56. The molecule has 1 aromatic rings. The maximum Gasteiger partial charge on any atom is 0.222 e. The third-order valence-corrected chi connectivity index (χ3v) is 5.60. The first-order valence-corrected chi connectivity index (χ1v) is 7.90. The van der Waals surface area contributed by atoms with E-state index in [1.165, 1.54) is 0 Å². The largest absolute Gasteiger partial charge is 0.481 e. The zero-order valence-electron chi connectivity index (χ0n) is 10.3. The average molecular weight is 255 g/mol. The van der Waals surface area contributed by atoms with E-state index in [-0.39, 0.29) is 12.7 Å². The van der Waals surface area contributed by atoms with Gasteiger partial charge in [-0.15, -0.1) is 0 Å². The van der Waals surface area contributed by atoms with Crippen LogP contribution < -0.4 is 9.47 Å². The Hall–Kier alpha value is -0.990. The molecule has 0 aromatic heterocycles. The fourth-order valence-electron chi connectivity index (χ4n) is 1.97. The molecule has 1 aromatic carbocycles. The smallest absolute Gasteiger partial charge is 0.222 e. The Morgan fingerprint density at radius 1 is 1.12 bits per heavy atom. The van der Waals surface area contributed by atoms with Gasteiger partial charge in [0.05, 0.1) is 0 Å². The number of hydrogen-bond acceptors (Lipinski definition) is 3. The van der Waals surface area contributed by atoms with Gasteiger partial charge in [0.1, 0.15) is 0 Å². The summed E-state index contributed by atoms with van der Waals surface area (Å²) in [4.78, 5) is 0. The molecule has 0 N–H and O–H groups in total. The highest BCUT2D eigenvalue weighted by molar-refractivity contribution is 7.61. The molecule has 1 heterocycles. The Kier molecular flexibility index (Phi) is 3.75. The normalized spacial score (nSPS) is 17.8. The van der Waals surface area contributed by atoms with Crippen LogP contribution in [-0.2, 0) is 4.57 Å². The number of para-hydroxylation sites is 2. The summed E-state index contributed by atoms with van der Waals surface area (Å²) >= 11 is 0. The second kappa shape index (κ2) is 5.11. The van der Waals surface area contributed by atoms with Crippen molar-refractivity contribution in [2.75, 3.05) is 25.8 Å². The van der Waals surface area contributed by atoms with E-state index in [9.17, 15) is 4.57 Å². The number of nitrogens with zero attached hydrogens (tertiary/aromatic N) is 1. The predicted molar refractivity (Wildman–Crippen MR) is 68.0 cm³/mol. The fourth-order valence-corrected chi connectivity index (χ4v) is 4.08. The van der Waals surface area contributed by atoms with Crippen LogP contribution in [0, 0.1) is 0 Å². The lowest BCUT2D eigenvalue weighted by Crippen LogP contribution is -2.25. The average Bonchev–Trinajstić information content (AvgIpc) is 2.52. The lowest BCUT2D eigenvalue weighted by atomic mass is 10.3. The van der Waals surface area contributed by atoms with Crippen LogP contribution >= 0.6 is 7.29 Å². The molecule has 4 nitrogen and oxygen atoms in total. The minimum Gasteiger partial charge on any atom is -0.481 e. The van der Waals surface area contributed by atoms with Crippen molar-refractivity contribution in [3.63, 3.8) is 0 Å². The van der Waals surface area contributed by atoms with Crippen LogP contribution in [0.25, 0.3) is 0 Å². The van der Waals surface area contributed by atoms with Crippen LogP contribution in [0.5, 0.6) is 11.5 Å². The Morgan fingerprint density at radius 3 is 2.00 bits per heavy atom. The SMILES string of the molecule is CCN(CC)P1(=O)COc2ccccc2OC1. The predicted octanol–water partition coefficient (Wildman–Crippen LogP) is 2.99. The molecule has 0 spiro atoms. The van der Waals surface area contributed by atoms with Gasteiger partial charge in [-0.2, -0.15) is 0 Å². The summed E-state index contributed by atoms with van der Waals surface area (Å²) in [6, 6.07) is 7.45. The first-order chi connectivity index (χ1) is 8.19. The summed E-state index contributed by atoms with van der Waals surface area (Å²) in [6.45, 7) is 5.50. The molecule has 5 heteroatoms. The lowest BCUT2D eigenvalue weighted by molar-refractivity contribution is 0.352. The molecule has 0 atom stereocenters. The molecule has 0 saturated heterocycles. The minimum absolute atomic E-state index is 0.228. The van der Waals surface area contributed by atoms with Crippen LogP contribution in [0.4, 0.5) is 0 Å². The molecule has 94 valence electrons. The van der Waals surface area contributed by atoms with Gasteiger partial charge in [-0.1, -0.05) is 26.0 Å². The maximum absolute atomic E-state index is 12.8. The van der Waals surface area contributed by atoms with E-state index in [0.717, 1.165) is 13.1 Å². The Labute approximate surface area is 102 Å². The maximum atomic E-state index is 12.8. The standard InChI is InChI=1S/C12H18NO3P/c1-3-13(4-2)17(14)9-15-11-7-5-6-8-12(11)16-10-17/h5-8H,3-4,9-10H2,1-2H3. The van der Waals surface area contributed by atoms with Crippen molar-refractivity contribution in [2.24, 2.45) is 0 Å². The Balaban J connectivity index is 2.21. The number of hydrogen-bond donors (Lipinski definition) is 0. The number of fused-ring (bicyclic) bond motifs is 1. The first kappa shape index (κ1) is 12.5. The molecular formula is C12H18NO3P. The van der Waals surface area contributed by atoms with Crippen LogP contribution in [0.15, 0.2) is 24.3 Å². The van der Waals surface area contributed by atoms with E-state index in [4.69, 9.17) is 9.47 Å². The highest BCUT2D eigenvalue weighted by Crippen LogP contribution is 2.52. The van der Waals surface area contributed by atoms with E-state index in [1.54, 1.807) is 0 Å².